The zero-order valence-electron chi connectivity index (χ0n) is 12.4. The summed E-state index contributed by atoms with van der Waals surface area (Å²) in [5.41, 5.74) is 6.27. The summed E-state index contributed by atoms with van der Waals surface area (Å²) >= 11 is 0. The van der Waals surface area contributed by atoms with E-state index in [9.17, 15) is 0 Å². The Balaban J connectivity index is 1.89. The van der Waals surface area contributed by atoms with Crippen LogP contribution in [0.3, 0.4) is 0 Å². The Bertz CT molecular complexity index is 771. The van der Waals surface area contributed by atoms with E-state index in [-0.39, 0.29) is 12.1 Å². The van der Waals surface area contributed by atoms with Crippen LogP contribution in [0.1, 0.15) is 28.8 Å². The van der Waals surface area contributed by atoms with Gasteiger partial charge in [-0.05, 0) is 41.3 Å². The number of hydrogen-bond donors (Lipinski definition) is 1. The molecule has 22 heavy (non-hydrogen) atoms. The molecule has 1 N–H and O–H groups in total. The normalized spacial score (nSPS) is 23.9. The molecule has 2 aliphatic heterocycles. The number of rotatable bonds is 1. The summed E-state index contributed by atoms with van der Waals surface area (Å²) < 4.78 is 17.3. The van der Waals surface area contributed by atoms with Crippen LogP contribution in [-0.2, 0) is 11.2 Å². The Morgan fingerprint density at radius 2 is 2.14 bits per heavy atom. The molecule has 3 aliphatic rings. The lowest BCUT2D eigenvalue weighted by atomic mass is 9.76. The van der Waals surface area contributed by atoms with Crippen molar-refractivity contribution in [2.24, 2.45) is 0 Å². The van der Waals surface area contributed by atoms with Crippen molar-refractivity contribution < 1.29 is 14.2 Å². The Kier molecular flexibility index (Phi) is 2.54. The highest BCUT2D eigenvalue weighted by Crippen LogP contribution is 2.55. The fourth-order valence-corrected chi connectivity index (χ4v) is 4.08. The third-order valence-corrected chi connectivity index (χ3v) is 4.95. The summed E-state index contributed by atoms with van der Waals surface area (Å²) in [7, 11) is 1.79. The predicted molar refractivity (Wildman–Crippen MR) is 82.2 cm³/mol. The highest BCUT2D eigenvalue weighted by Gasteiger charge is 2.40. The fraction of sp³-hybridized carbons (Fsp3) is 0.333. The lowest BCUT2D eigenvalue weighted by molar-refractivity contribution is 0.0641. The minimum absolute atomic E-state index is 0.0307. The van der Waals surface area contributed by atoms with E-state index in [4.69, 9.17) is 14.2 Å². The van der Waals surface area contributed by atoms with E-state index in [0.29, 0.717) is 6.79 Å². The first-order valence-electron chi connectivity index (χ1n) is 7.69. The highest BCUT2D eigenvalue weighted by atomic mass is 16.7. The van der Waals surface area contributed by atoms with E-state index < -0.39 is 0 Å². The molecule has 2 aromatic carbocycles. The molecular weight excluding hydrogens is 278 g/mol. The minimum atomic E-state index is 0.0307. The molecule has 0 bridgehead atoms. The molecule has 0 saturated carbocycles. The summed E-state index contributed by atoms with van der Waals surface area (Å²) in [6, 6.07) is 10.8. The summed E-state index contributed by atoms with van der Waals surface area (Å²) in [5.74, 6) is 1.76. The second-order valence-electron chi connectivity index (χ2n) is 5.98. The van der Waals surface area contributed by atoms with Crippen LogP contribution in [0, 0.1) is 0 Å². The number of nitrogens with one attached hydrogen (secondary N) is 1. The third kappa shape index (κ3) is 1.49. The number of methoxy groups -OCH3 is 1. The van der Waals surface area contributed by atoms with E-state index in [1.807, 2.05) is 0 Å². The molecule has 112 valence electrons. The predicted octanol–water partition coefficient (Wildman–Crippen LogP) is 2.97. The van der Waals surface area contributed by atoms with Gasteiger partial charge >= 0.3 is 0 Å². The number of fused-ring (bicyclic) bond motifs is 4. The van der Waals surface area contributed by atoms with Gasteiger partial charge in [0, 0.05) is 12.7 Å². The van der Waals surface area contributed by atoms with Crippen LogP contribution >= 0.6 is 0 Å². The molecule has 0 spiro atoms. The highest BCUT2D eigenvalue weighted by molar-refractivity contribution is 5.84. The van der Waals surface area contributed by atoms with E-state index in [2.05, 4.69) is 35.6 Å². The van der Waals surface area contributed by atoms with Gasteiger partial charge in [-0.25, -0.2) is 0 Å². The van der Waals surface area contributed by atoms with Gasteiger partial charge in [0.25, 0.3) is 0 Å². The van der Waals surface area contributed by atoms with Crippen molar-refractivity contribution in [3.63, 3.8) is 0 Å². The van der Waals surface area contributed by atoms with Crippen molar-refractivity contribution in [3.8, 4) is 22.6 Å². The first kappa shape index (κ1) is 12.5. The SMILES string of the molecule is CO[C@H]1c2ccccc2-c2c3c(cc4c2[C@H]1NCC4)OCO3. The van der Waals surface area contributed by atoms with Crippen molar-refractivity contribution in [3.05, 3.63) is 47.0 Å². The van der Waals surface area contributed by atoms with Gasteiger partial charge in [0.2, 0.25) is 6.79 Å². The molecule has 0 fully saturated rings. The fourth-order valence-electron chi connectivity index (χ4n) is 4.08. The van der Waals surface area contributed by atoms with Gasteiger partial charge in [-0.15, -0.1) is 0 Å². The maximum Gasteiger partial charge on any atom is 0.231 e. The summed E-state index contributed by atoms with van der Waals surface area (Å²) in [6.07, 6.45) is 1.04. The van der Waals surface area contributed by atoms with Gasteiger partial charge in [-0.2, -0.15) is 0 Å². The smallest absolute Gasteiger partial charge is 0.231 e. The van der Waals surface area contributed by atoms with Crippen LogP contribution < -0.4 is 14.8 Å². The second kappa shape index (κ2) is 4.48. The van der Waals surface area contributed by atoms with Gasteiger partial charge in [-0.1, -0.05) is 24.3 Å². The van der Waals surface area contributed by atoms with E-state index in [0.717, 1.165) is 24.5 Å². The van der Waals surface area contributed by atoms with E-state index >= 15 is 0 Å². The molecule has 4 nitrogen and oxygen atoms in total. The van der Waals surface area contributed by atoms with Crippen LogP contribution in [0.25, 0.3) is 11.1 Å². The van der Waals surface area contributed by atoms with Gasteiger partial charge in [0.1, 0.15) is 6.10 Å². The minimum Gasteiger partial charge on any atom is -0.454 e. The Labute approximate surface area is 129 Å². The first-order chi connectivity index (χ1) is 10.9. The largest absolute Gasteiger partial charge is 0.454 e. The lowest BCUT2D eigenvalue weighted by Gasteiger charge is -2.39. The van der Waals surface area contributed by atoms with Crippen molar-refractivity contribution >= 4 is 0 Å². The van der Waals surface area contributed by atoms with Crippen LogP contribution in [0.4, 0.5) is 0 Å². The zero-order valence-corrected chi connectivity index (χ0v) is 12.4. The second-order valence-corrected chi connectivity index (χ2v) is 5.98. The molecule has 0 unspecified atom stereocenters. The van der Waals surface area contributed by atoms with Gasteiger partial charge in [0.05, 0.1) is 6.04 Å². The monoisotopic (exact) mass is 295 g/mol. The lowest BCUT2D eigenvalue weighted by Crippen LogP contribution is -2.37. The van der Waals surface area contributed by atoms with Gasteiger partial charge < -0.3 is 19.5 Å². The van der Waals surface area contributed by atoms with E-state index in [1.165, 1.54) is 27.8 Å². The molecule has 0 radical (unpaired) electrons. The number of benzene rings is 2. The Morgan fingerprint density at radius 1 is 1.23 bits per heavy atom. The molecule has 4 heteroatoms. The van der Waals surface area contributed by atoms with Gasteiger partial charge in [0.15, 0.2) is 11.5 Å². The Morgan fingerprint density at radius 3 is 3.05 bits per heavy atom. The van der Waals surface area contributed by atoms with Crippen molar-refractivity contribution in [2.75, 3.05) is 20.4 Å². The van der Waals surface area contributed by atoms with Crippen LogP contribution in [0.2, 0.25) is 0 Å². The topological polar surface area (TPSA) is 39.7 Å². The maximum atomic E-state index is 5.85. The Hall–Kier alpha value is -2.04. The molecule has 0 saturated heterocycles. The third-order valence-electron chi connectivity index (χ3n) is 4.95. The molecule has 0 amide bonds. The van der Waals surface area contributed by atoms with E-state index in [1.54, 1.807) is 7.11 Å². The molecule has 2 aromatic rings. The van der Waals surface area contributed by atoms with Crippen molar-refractivity contribution in [2.45, 2.75) is 18.6 Å². The first-order valence-corrected chi connectivity index (χ1v) is 7.69. The standard InChI is InChI=1S/C18H17NO3/c1-20-17-12-5-3-2-4-11(12)15-14-10(6-7-19-16(14)17)8-13-18(15)22-9-21-13/h2-5,8,16-17,19H,6-7,9H2,1H3/t16-,17+/m1/s1. The molecule has 5 rings (SSSR count). The number of ether oxygens (including phenoxy) is 3. The summed E-state index contributed by atoms with van der Waals surface area (Å²) in [6.45, 7) is 1.26. The quantitative estimate of drug-likeness (QED) is 0.878. The zero-order chi connectivity index (χ0) is 14.7. The number of hydrogen-bond acceptors (Lipinski definition) is 4. The maximum absolute atomic E-state index is 5.85. The van der Waals surface area contributed by atoms with Crippen molar-refractivity contribution in [1.29, 1.82) is 0 Å². The molecule has 1 aliphatic carbocycles. The van der Waals surface area contributed by atoms with Crippen LogP contribution in [-0.4, -0.2) is 20.4 Å². The molecular formula is C18H17NO3. The van der Waals surface area contributed by atoms with Crippen LogP contribution in [0.5, 0.6) is 11.5 Å². The summed E-state index contributed by atoms with van der Waals surface area (Å²) in [5, 5.41) is 3.63. The summed E-state index contributed by atoms with van der Waals surface area (Å²) in [4.78, 5) is 0. The average molecular weight is 295 g/mol. The van der Waals surface area contributed by atoms with Crippen molar-refractivity contribution in [1.82, 2.24) is 5.32 Å². The molecule has 0 aromatic heterocycles. The molecule has 2 atom stereocenters. The van der Waals surface area contributed by atoms with Crippen LogP contribution in [0.15, 0.2) is 30.3 Å². The molecule has 2 heterocycles. The van der Waals surface area contributed by atoms with Gasteiger partial charge in [-0.3, -0.25) is 0 Å². The average Bonchev–Trinajstić information content (AvgIpc) is 3.03.